The third-order valence-corrected chi connectivity index (χ3v) is 4.42. The number of likely N-dealkylation sites (N-methyl/N-ethyl adjacent to an activating group) is 1. The second-order valence-corrected chi connectivity index (χ2v) is 6.71. The molecule has 0 radical (unpaired) electrons. The Morgan fingerprint density at radius 1 is 1.17 bits per heavy atom. The lowest BCUT2D eigenvalue weighted by atomic mass is 10.2. The molecule has 0 atom stereocenters. The number of aryl methyl sites for hydroxylation is 2. The number of nitrogens with one attached hydrogen (secondary N) is 2. The summed E-state index contributed by atoms with van der Waals surface area (Å²) in [6, 6.07) is 10.0. The molecule has 3 aromatic rings. The molecule has 0 fully saturated rings. The second-order valence-electron chi connectivity index (χ2n) is 6.71. The van der Waals surface area contributed by atoms with Crippen molar-refractivity contribution < 1.29 is 9.59 Å². The van der Waals surface area contributed by atoms with Crippen molar-refractivity contribution in [1.82, 2.24) is 19.7 Å². The zero-order valence-corrected chi connectivity index (χ0v) is 16.1. The fourth-order valence-electron chi connectivity index (χ4n) is 2.89. The molecule has 0 aliphatic heterocycles. The van der Waals surface area contributed by atoms with Crippen LogP contribution in [-0.4, -0.2) is 45.1 Å². The minimum atomic E-state index is -0.397. The summed E-state index contributed by atoms with van der Waals surface area (Å²) >= 11 is 0. The van der Waals surface area contributed by atoms with E-state index in [1.165, 1.54) is 11.9 Å². The first kappa shape index (κ1) is 20.0. The number of hydrogen-bond acceptors (Lipinski definition) is 5. The van der Waals surface area contributed by atoms with Crippen molar-refractivity contribution in [2.45, 2.75) is 19.9 Å². The highest BCUT2D eigenvalue weighted by Crippen LogP contribution is 2.06. The average Bonchev–Trinajstić information content (AvgIpc) is 2.69. The summed E-state index contributed by atoms with van der Waals surface area (Å²) in [4.78, 5) is 54.3. The highest BCUT2D eigenvalue weighted by atomic mass is 16.2. The van der Waals surface area contributed by atoms with Gasteiger partial charge in [-0.15, -0.1) is 0 Å². The summed E-state index contributed by atoms with van der Waals surface area (Å²) < 4.78 is 1.12. The molecule has 9 nitrogen and oxygen atoms in total. The number of aromatic amines is 1. The molecule has 3 rings (SSSR count). The molecule has 2 amide bonds. The minimum Gasteiger partial charge on any atom is -0.336 e. The molecule has 2 N–H and O–H groups in total. The molecule has 1 aromatic carbocycles. The van der Waals surface area contributed by atoms with Gasteiger partial charge in [-0.2, -0.15) is 0 Å². The Bertz CT molecular complexity index is 1180. The number of carbonyl (C=O) groups is 2. The number of H-pyrrole nitrogens is 1. The van der Waals surface area contributed by atoms with E-state index in [-0.39, 0.29) is 36.9 Å². The molecule has 0 aliphatic carbocycles. The molecule has 150 valence electrons. The number of nitrogens with zero attached hydrogens (tertiary/aromatic N) is 3. The van der Waals surface area contributed by atoms with Crippen LogP contribution >= 0.6 is 0 Å². The van der Waals surface area contributed by atoms with Gasteiger partial charge in [0.1, 0.15) is 5.82 Å². The van der Waals surface area contributed by atoms with E-state index in [0.29, 0.717) is 16.6 Å². The summed E-state index contributed by atoms with van der Waals surface area (Å²) in [6.45, 7) is 1.73. The zero-order valence-electron chi connectivity index (χ0n) is 16.1. The van der Waals surface area contributed by atoms with E-state index < -0.39 is 5.56 Å². The number of rotatable bonds is 6. The SMILES string of the molecule is Cc1ccnc(NC(=O)CN(C)C(=O)CCn2[nH]c(=O)c3ccccc3c2=O)c1. The Morgan fingerprint density at radius 3 is 2.62 bits per heavy atom. The normalized spacial score (nSPS) is 10.7. The third kappa shape index (κ3) is 4.75. The van der Waals surface area contributed by atoms with E-state index in [1.807, 2.05) is 13.0 Å². The fourth-order valence-corrected chi connectivity index (χ4v) is 2.89. The van der Waals surface area contributed by atoms with Gasteiger partial charge in [-0.05, 0) is 36.8 Å². The first-order valence-electron chi connectivity index (χ1n) is 9.03. The van der Waals surface area contributed by atoms with Crippen molar-refractivity contribution in [2.24, 2.45) is 0 Å². The van der Waals surface area contributed by atoms with E-state index >= 15 is 0 Å². The molecular weight excluding hydrogens is 374 g/mol. The summed E-state index contributed by atoms with van der Waals surface area (Å²) in [5.41, 5.74) is 0.180. The Balaban J connectivity index is 1.61. The molecule has 2 heterocycles. The molecule has 0 aliphatic rings. The topological polar surface area (TPSA) is 117 Å². The number of anilines is 1. The van der Waals surface area contributed by atoms with E-state index in [4.69, 9.17) is 0 Å². The van der Waals surface area contributed by atoms with Gasteiger partial charge in [0.05, 0.1) is 23.9 Å². The Morgan fingerprint density at radius 2 is 1.90 bits per heavy atom. The molecule has 0 saturated carbocycles. The number of amides is 2. The van der Waals surface area contributed by atoms with Crippen LogP contribution < -0.4 is 16.4 Å². The lowest BCUT2D eigenvalue weighted by molar-refractivity contribution is -0.133. The maximum Gasteiger partial charge on any atom is 0.273 e. The zero-order chi connectivity index (χ0) is 21.0. The van der Waals surface area contributed by atoms with Crippen LogP contribution in [0, 0.1) is 6.92 Å². The van der Waals surface area contributed by atoms with Crippen molar-refractivity contribution in [2.75, 3.05) is 18.9 Å². The van der Waals surface area contributed by atoms with Crippen LogP contribution in [0.15, 0.2) is 52.2 Å². The first-order chi connectivity index (χ1) is 13.8. The van der Waals surface area contributed by atoms with E-state index in [0.717, 1.165) is 10.2 Å². The number of aromatic nitrogens is 3. The lowest BCUT2D eigenvalue weighted by Crippen LogP contribution is -2.37. The molecule has 0 spiro atoms. The van der Waals surface area contributed by atoms with Gasteiger partial charge in [-0.1, -0.05) is 12.1 Å². The Kier molecular flexibility index (Phi) is 5.87. The second kappa shape index (κ2) is 8.51. The predicted molar refractivity (Wildman–Crippen MR) is 109 cm³/mol. The van der Waals surface area contributed by atoms with Gasteiger partial charge in [0.15, 0.2) is 0 Å². The van der Waals surface area contributed by atoms with Crippen molar-refractivity contribution >= 4 is 28.4 Å². The summed E-state index contributed by atoms with van der Waals surface area (Å²) in [7, 11) is 1.50. The number of carbonyl (C=O) groups excluding carboxylic acids is 2. The molecule has 0 saturated heterocycles. The standard InChI is InChI=1S/C20H21N5O4/c1-13-7-9-21-16(11-13)22-17(26)12-24(2)18(27)8-10-25-20(29)15-6-4-3-5-14(15)19(28)23-25/h3-7,9,11H,8,10,12H2,1-2H3,(H,23,28)(H,21,22,26). The molecule has 2 aromatic heterocycles. The quantitative estimate of drug-likeness (QED) is 0.643. The van der Waals surface area contributed by atoms with Gasteiger partial charge in [-0.25, -0.2) is 9.67 Å². The van der Waals surface area contributed by atoms with Crippen molar-refractivity contribution in [1.29, 1.82) is 0 Å². The van der Waals surface area contributed by atoms with Crippen LogP contribution in [0.5, 0.6) is 0 Å². The van der Waals surface area contributed by atoms with Gasteiger partial charge >= 0.3 is 0 Å². The van der Waals surface area contributed by atoms with Gasteiger partial charge in [0.2, 0.25) is 11.8 Å². The van der Waals surface area contributed by atoms with E-state index in [2.05, 4.69) is 15.4 Å². The molecule has 9 heteroatoms. The number of benzene rings is 1. The lowest BCUT2D eigenvalue weighted by Gasteiger charge is -2.17. The van der Waals surface area contributed by atoms with Crippen LogP contribution in [0.4, 0.5) is 5.82 Å². The largest absolute Gasteiger partial charge is 0.336 e. The van der Waals surface area contributed by atoms with Gasteiger partial charge < -0.3 is 10.2 Å². The maximum atomic E-state index is 12.5. The highest BCUT2D eigenvalue weighted by Gasteiger charge is 2.15. The fraction of sp³-hybridized carbons (Fsp3) is 0.250. The van der Waals surface area contributed by atoms with Crippen molar-refractivity contribution in [3.05, 3.63) is 68.9 Å². The molecular formula is C20H21N5O4. The van der Waals surface area contributed by atoms with Crippen molar-refractivity contribution in [3.63, 3.8) is 0 Å². The minimum absolute atomic E-state index is 0.00311. The Hall–Kier alpha value is -3.75. The van der Waals surface area contributed by atoms with Gasteiger partial charge in [-0.3, -0.25) is 24.3 Å². The summed E-state index contributed by atoms with van der Waals surface area (Å²) in [5, 5.41) is 5.71. The van der Waals surface area contributed by atoms with Crippen LogP contribution in [0.2, 0.25) is 0 Å². The third-order valence-electron chi connectivity index (χ3n) is 4.42. The summed E-state index contributed by atoms with van der Waals surface area (Å²) in [5.74, 6) is -0.301. The number of pyridine rings is 1. The van der Waals surface area contributed by atoms with E-state index in [9.17, 15) is 19.2 Å². The highest BCUT2D eigenvalue weighted by molar-refractivity contribution is 5.93. The molecule has 29 heavy (non-hydrogen) atoms. The van der Waals surface area contributed by atoms with Gasteiger partial charge in [0, 0.05) is 19.7 Å². The van der Waals surface area contributed by atoms with Crippen LogP contribution in [-0.2, 0) is 16.1 Å². The van der Waals surface area contributed by atoms with Crippen LogP contribution in [0.1, 0.15) is 12.0 Å². The number of fused-ring (bicyclic) bond motifs is 1. The summed E-state index contributed by atoms with van der Waals surface area (Å²) in [6.07, 6.45) is 1.54. The smallest absolute Gasteiger partial charge is 0.273 e. The van der Waals surface area contributed by atoms with Crippen LogP contribution in [0.3, 0.4) is 0 Å². The Labute approximate surface area is 166 Å². The average molecular weight is 395 g/mol. The van der Waals surface area contributed by atoms with E-state index in [1.54, 1.807) is 36.5 Å². The number of hydrogen-bond donors (Lipinski definition) is 2. The maximum absolute atomic E-state index is 12.5. The van der Waals surface area contributed by atoms with Crippen LogP contribution in [0.25, 0.3) is 10.8 Å². The molecule has 0 bridgehead atoms. The van der Waals surface area contributed by atoms with Crippen molar-refractivity contribution in [3.8, 4) is 0 Å². The van der Waals surface area contributed by atoms with Gasteiger partial charge in [0.25, 0.3) is 11.1 Å². The predicted octanol–water partition coefficient (Wildman–Crippen LogP) is 0.880. The monoisotopic (exact) mass is 395 g/mol. The molecule has 0 unspecified atom stereocenters. The first-order valence-corrected chi connectivity index (χ1v) is 9.03.